The summed E-state index contributed by atoms with van der Waals surface area (Å²) in [6, 6.07) is 19.5. The minimum atomic E-state index is -0.316. The lowest BCUT2D eigenvalue weighted by Gasteiger charge is -2.07. The summed E-state index contributed by atoms with van der Waals surface area (Å²) in [4.78, 5) is 9.01. The predicted octanol–water partition coefficient (Wildman–Crippen LogP) is 6.25. The predicted molar refractivity (Wildman–Crippen MR) is 110 cm³/mol. The van der Waals surface area contributed by atoms with E-state index in [9.17, 15) is 4.39 Å². The molecule has 0 fully saturated rings. The molecular formula is C22H11BrClFN2. The van der Waals surface area contributed by atoms with Crippen molar-refractivity contribution in [2.45, 2.75) is 0 Å². The van der Waals surface area contributed by atoms with E-state index >= 15 is 0 Å². The Balaban J connectivity index is 1.91. The third-order valence-electron chi connectivity index (χ3n) is 3.94. The molecular weight excluding hydrogens is 427 g/mol. The van der Waals surface area contributed by atoms with Gasteiger partial charge in [0.2, 0.25) is 0 Å². The summed E-state index contributed by atoms with van der Waals surface area (Å²) in [7, 11) is 0. The van der Waals surface area contributed by atoms with Gasteiger partial charge >= 0.3 is 0 Å². The van der Waals surface area contributed by atoms with E-state index in [1.165, 1.54) is 12.1 Å². The molecule has 1 heterocycles. The third-order valence-corrected chi connectivity index (χ3v) is 4.68. The minimum Gasteiger partial charge on any atom is -0.227 e. The van der Waals surface area contributed by atoms with E-state index in [-0.39, 0.29) is 5.82 Å². The summed E-state index contributed by atoms with van der Waals surface area (Å²) >= 11 is 9.90. The van der Waals surface area contributed by atoms with Gasteiger partial charge in [-0.2, -0.15) is 0 Å². The van der Waals surface area contributed by atoms with E-state index in [1.807, 2.05) is 42.5 Å². The highest BCUT2D eigenvalue weighted by molar-refractivity contribution is 9.10. The molecule has 27 heavy (non-hydrogen) atoms. The Morgan fingerprint density at radius 2 is 1.63 bits per heavy atom. The Morgan fingerprint density at radius 3 is 2.37 bits per heavy atom. The number of hydrogen-bond donors (Lipinski definition) is 0. The molecule has 0 N–H and O–H groups in total. The fourth-order valence-corrected chi connectivity index (χ4v) is 3.33. The summed E-state index contributed by atoms with van der Waals surface area (Å²) in [5.74, 6) is 6.43. The Hall–Kier alpha value is -2.74. The van der Waals surface area contributed by atoms with Crippen molar-refractivity contribution >= 4 is 38.4 Å². The molecule has 0 bridgehead atoms. The van der Waals surface area contributed by atoms with E-state index in [0.717, 1.165) is 15.6 Å². The highest BCUT2D eigenvalue weighted by atomic mass is 79.9. The van der Waals surface area contributed by atoms with Gasteiger partial charge in [-0.15, -0.1) is 0 Å². The Kier molecular flexibility index (Phi) is 4.89. The van der Waals surface area contributed by atoms with E-state index < -0.39 is 0 Å². The SMILES string of the molecule is Fc1ccc(-c2nc(Cl)c3cc(Br)cc(C#Cc4ccccc4)c3n2)cc1. The van der Waals surface area contributed by atoms with Crippen LogP contribution in [0.15, 0.2) is 71.2 Å². The van der Waals surface area contributed by atoms with Gasteiger partial charge in [0.15, 0.2) is 5.82 Å². The molecule has 0 saturated heterocycles. The second-order valence-electron chi connectivity index (χ2n) is 5.81. The summed E-state index contributed by atoms with van der Waals surface area (Å²) < 4.78 is 14.1. The Morgan fingerprint density at radius 1 is 0.889 bits per heavy atom. The summed E-state index contributed by atoms with van der Waals surface area (Å²) in [6.45, 7) is 0. The van der Waals surface area contributed by atoms with Gasteiger partial charge in [-0.05, 0) is 48.5 Å². The minimum absolute atomic E-state index is 0.316. The summed E-state index contributed by atoms with van der Waals surface area (Å²) in [5, 5.41) is 1.03. The zero-order chi connectivity index (χ0) is 18.8. The van der Waals surface area contributed by atoms with Crippen molar-refractivity contribution in [1.82, 2.24) is 9.97 Å². The molecule has 5 heteroatoms. The van der Waals surface area contributed by atoms with Crippen molar-refractivity contribution in [1.29, 1.82) is 0 Å². The third kappa shape index (κ3) is 3.85. The molecule has 3 aromatic carbocycles. The first-order chi connectivity index (χ1) is 13.1. The maximum absolute atomic E-state index is 13.2. The van der Waals surface area contributed by atoms with Gasteiger partial charge in [-0.25, -0.2) is 14.4 Å². The molecule has 130 valence electrons. The van der Waals surface area contributed by atoms with Crippen molar-refractivity contribution in [3.8, 4) is 23.2 Å². The van der Waals surface area contributed by atoms with E-state index in [2.05, 4.69) is 37.7 Å². The first-order valence-corrected chi connectivity index (χ1v) is 9.27. The van der Waals surface area contributed by atoms with Gasteiger partial charge in [0.1, 0.15) is 11.0 Å². The average Bonchev–Trinajstić information content (AvgIpc) is 2.68. The lowest BCUT2D eigenvalue weighted by Crippen LogP contribution is -1.95. The smallest absolute Gasteiger partial charge is 0.161 e. The zero-order valence-electron chi connectivity index (χ0n) is 13.9. The van der Waals surface area contributed by atoms with Crippen molar-refractivity contribution in [3.63, 3.8) is 0 Å². The zero-order valence-corrected chi connectivity index (χ0v) is 16.2. The van der Waals surface area contributed by atoms with Crippen LogP contribution in [0.1, 0.15) is 11.1 Å². The summed E-state index contributed by atoms with van der Waals surface area (Å²) in [5.41, 5.74) is 2.98. The molecule has 4 rings (SSSR count). The van der Waals surface area contributed by atoms with Gasteiger partial charge in [0.25, 0.3) is 0 Å². The quantitative estimate of drug-likeness (QED) is 0.260. The first-order valence-electron chi connectivity index (χ1n) is 8.10. The molecule has 0 amide bonds. The number of halogens is 3. The van der Waals surface area contributed by atoms with Gasteiger partial charge in [-0.3, -0.25) is 0 Å². The number of nitrogens with zero attached hydrogens (tertiary/aromatic N) is 2. The van der Waals surface area contributed by atoms with Crippen LogP contribution in [0.4, 0.5) is 4.39 Å². The number of aromatic nitrogens is 2. The fraction of sp³-hybridized carbons (Fsp3) is 0. The Bertz CT molecular complexity index is 1200. The second kappa shape index (κ2) is 7.48. The van der Waals surface area contributed by atoms with Crippen molar-refractivity contribution < 1.29 is 4.39 Å². The maximum Gasteiger partial charge on any atom is 0.161 e. The van der Waals surface area contributed by atoms with Crippen LogP contribution in [0, 0.1) is 17.7 Å². The van der Waals surface area contributed by atoms with Crippen LogP contribution >= 0.6 is 27.5 Å². The molecule has 0 aliphatic rings. The average molecular weight is 438 g/mol. The Labute approximate surface area is 169 Å². The van der Waals surface area contributed by atoms with E-state index in [4.69, 9.17) is 11.6 Å². The molecule has 0 atom stereocenters. The van der Waals surface area contributed by atoms with Crippen LogP contribution in [0.2, 0.25) is 5.15 Å². The molecule has 0 unspecified atom stereocenters. The largest absolute Gasteiger partial charge is 0.227 e. The topological polar surface area (TPSA) is 25.8 Å². The molecule has 0 aliphatic carbocycles. The number of hydrogen-bond acceptors (Lipinski definition) is 2. The maximum atomic E-state index is 13.2. The fourth-order valence-electron chi connectivity index (χ4n) is 2.65. The highest BCUT2D eigenvalue weighted by Crippen LogP contribution is 2.30. The highest BCUT2D eigenvalue weighted by Gasteiger charge is 2.12. The normalized spacial score (nSPS) is 10.5. The standard InChI is InChI=1S/C22H11BrClFN2/c23-17-12-16(7-6-14-4-2-1-3-5-14)20-19(13-17)21(24)27-22(26-20)15-8-10-18(25)11-9-15/h1-5,8-13H. The number of rotatable bonds is 1. The van der Waals surface area contributed by atoms with Crippen LogP contribution in [0.3, 0.4) is 0 Å². The van der Waals surface area contributed by atoms with Crippen molar-refractivity contribution in [3.05, 3.63) is 93.3 Å². The van der Waals surface area contributed by atoms with Gasteiger partial charge < -0.3 is 0 Å². The van der Waals surface area contributed by atoms with Gasteiger partial charge in [-0.1, -0.05) is 57.6 Å². The summed E-state index contributed by atoms with van der Waals surface area (Å²) in [6.07, 6.45) is 0. The molecule has 4 aromatic rings. The second-order valence-corrected chi connectivity index (χ2v) is 7.08. The lowest BCUT2D eigenvalue weighted by molar-refractivity contribution is 0.628. The van der Waals surface area contributed by atoms with Crippen molar-refractivity contribution in [2.75, 3.05) is 0 Å². The lowest BCUT2D eigenvalue weighted by atomic mass is 10.1. The number of benzene rings is 3. The molecule has 0 radical (unpaired) electrons. The van der Waals surface area contributed by atoms with E-state index in [0.29, 0.717) is 27.4 Å². The van der Waals surface area contributed by atoms with Crippen molar-refractivity contribution in [2.24, 2.45) is 0 Å². The van der Waals surface area contributed by atoms with Crippen LogP contribution in [-0.2, 0) is 0 Å². The van der Waals surface area contributed by atoms with Crippen LogP contribution < -0.4 is 0 Å². The molecule has 0 saturated carbocycles. The molecule has 1 aromatic heterocycles. The number of fused-ring (bicyclic) bond motifs is 1. The van der Waals surface area contributed by atoms with Crippen LogP contribution in [0.5, 0.6) is 0 Å². The molecule has 0 spiro atoms. The molecule has 2 nitrogen and oxygen atoms in total. The van der Waals surface area contributed by atoms with Crippen LogP contribution in [-0.4, -0.2) is 9.97 Å². The van der Waals surface area contributed by atoms with Crippen LogP contribution in [0.25, 0.3) is 22.3 Å². The monoisotopic (exact) mass is 436 g/mol. The van der Waals surface area contributed by atoms with Gasteiger partial charge in [0, 0.05) is 21.0 Å². The molecule has 0 aliphatic heterocycles. The first kappa shape index (κ1) is 17.7. The van der Waals surface area contributed by atoms with Gasteiger partial charge in [0.05, 0.1) is 11.1 Å². The van der Waals surface area contributed by atoms with E-state index in [1.54, 1.807) is 12.1 Å².